The Balaban J connectivity index is 2.08. The zero-order valence-corrected chi connectivity index (χ0v) is 11.3. The molecule has 3 aromatic rings. The van der Waals surface area contributed by atoms with Crippen molar-refractivity contribution in [1.82, 2.24) is 4.98 Å². The summed E-state index contributed by atoms with van der Waals surface area (Å²) in [6.45, 7) is 2.23. The van der Waals surface area contributed by atoms with Gasteiger partial charge in [-0.1, -0.05) is 55.8 Å². The van der Waals surface area contributed by atoms with E-state index >= 15 is 0 Å². The third-order valence-corrected chi connectivity index (χ3v) is 3.60. The molecule has 0 unspecified atom stereocenters. The first-order chi connectivity index (χ1) is 9.38. The lowest BCUT2D eigenvalue weighted by Gasteiger charge is -2.02. The van der Waals surface area contributed by atoms with Crippen molar-refractivity contribution in [1.29, 1.82) is 0 Å². The Hall–Kier alpha value is -2.02. The highest BCUT2D eigenvalue weighted by Crippen LogP contribution is 2.29. The zero-order valence-electron chi connectivity index (χ0n) is 11.3. The van der Waals surface area contributed by atoms with E-state index in [1.807, 2.05) is 0 Å². The van der Waals surface area contributed by atoms with Crippen LogP contribution in [0.15, 0.2) is 54.6 Å². The summed E-state index contributed by atoms with van der Waals surface area (Å²) in [4.78, 5) is 3.54. The van der Waals surface area contributed by atoms with Gasteiger partial charge in [0.1, 0.15) is 0 Å². The number of rotatable bonds is 4. The van der Waals surface area contributed by atoms with Crippen LogP contribution in [0.3, 0.4) is 0 Å². The number of H-pyrrole nitrogens is 1. The molecule has 1 nitrogen and oxygen atoms in total. The summed E-state index contributed by atoms with van der Waals surface area (Å²) >= 11 is 0. The average molecular weight is 249 g/mol. The molecule has 0 radical (unpaired) electrons. The summed E-state index contributed by atoms with van der Waals surface area (Å²) in [5.41, 5.74) is 5.19. The van der Waals surface area contributed by atoms with Crippen LogP contribution in [-0.4, -0.2) is 4.98 Å². The number of hydrogen-bond acceptors (Lipinski definition) is 0. The first kappa shape index (κ1) is 12.0. The first-order valence-corrected chi connectivity index (χ1v) is 7.04. The summed E-state index contributed by atoms with van der Waals surface area (Å²) in [5.74, 6) is 0. The molecule has 0 amide bonds. The highest BCUT2D eigenvalue weighted by molar-refractivity contribution is 5.95. The summed E-state index contributed by atoms with van der Waals surface area (Å²) in [6, 6.07) is 19.4. The third kappa shape index (κ3) is 2.41. The van der Waals surface area contributed by atoms with E-state index in [1.54, 1.807) is 0 Å². The van der Waals surface area contributed by atoms with E-state index in [9.17, 15) is 0 Å². The number of nitrogens with one attached hydrogen (secondary N) is 1. The fourth-order valence-electron chi connectivity index (χ4n) is 2.58. The fourth-order valence-corrected chi connectivity index (χ4v) is 2.58. The summed E-state index contributed by atoms with van der Waals surface area (Å²) in [7, 11) is 0. The number of fused-ring (bicyclic) bond motifs is 1. The monoisotopic (exact) mass is 249 g/mol. The SMILES string of the molecule is CCCCc1cc2c(-c3ccccc3)cccc2[nH]1. The Labute approximate surface area is 114 Å². The van der Waals surface area contributed by atoms with Crippen LogP contribution in [0.4, 0.5) is 0 Å². The maximum atomic E-state index is 3.54. The second-order valence-corrected chi connectivity index (χ2v) is 5.03. The molecular weight excluding hydrogens is 230 g/mol. The second kappa shape index (κ2) is 5.31. The van der Waals surface area contributed by atoms with Gasteiger partial charge < -0.3 is 4.98 Å². The first-order valence-electron chi connectivity index (χ1n) is 7.04. The highest BCUT2D eigenvalue weighted by Gasteiger charge is 2.06. The standard InChI is InChI=1S/C18H19N/c1-2-3-10-15-13-17-16(11-7-12-18(17)19-15)14-8-5-4-6-9-14/h4-9,11-13,19H,2-3,10H2,1H3. The van der Waals surface area contributed by atoms with Gasteiger partial charge in [0.25, 0.3) is 0 Å². The van der Waals surface area contributed by atoms with E-state index in [1.165, 1.54) is 40.6 Å². The number of aromatic nitrogens is 1. The van der Waals surface area contributed by atoms with Crippen molar-refractivity contribution in [3.05, 3.63) is 60.3 Å². The van der Waals surface area contributed by atoms with Gasteiger partial charge in [-0.05, 0) is 36.1 Å². The van der Waals surface area contributed by atoms with E-state index in [2.05, 4.69) is 66.5 Å². The van der Waals surface area contributed by atoms with Crippen molar-refractivity contribution >= 4 is 10.9 Å². The van der Waals surface area contributed by atoms with E-state index < -0.39 is 0 Å². The van der Waals surface area contributed by atoms with Crippen LogP contribution >= 0.6 is 0 Å². The molecule has 0 saturated carbocycles. The van der Waals surface area contributed by atoms with Gasteiger partial charge in [0.2, 0.25) is 0 Å². The molecular formula is C18H19N. The molecule has 1 aromatic heterocycles. The summed E-state index contributed by atoms with van der Waals surface area (Å²) < 4.78 is 0. The lowest BCUT2D eigenvalue weighted by atomic mass is 10.0. The van der Waals surface area contributed by atoms with Crippen molar-refractivity contribution < 1.29 is 0 Å². The molecule has 0 spiro atoms. The van der Waals surface area contributed by atoms with Gasteiger partial charge in [-0.15, -0.1) is 0 Å². The van der Waals surface area contributed by atoms with Crippen LogP contribution in [0.25, 0.3) is 22.0 Å². The number of benzene rings is 2. The summed E-state index contributed by atoms with van der Waals surface area (Å²) in [5, 5.41) is 1.33. The Morgan fingerprint density at radius 2 is 1.79 bits per heavy atom. The van der Waals surface area contributed by atoms with Crippen molar-refractivity contribution in [2.24, 2.45) is 0 Å². The van der Waals surface area contributed by atoms with Crippen LogP contribution in [-0.2, 0) is 6.42 Å². The topological polar surface area (TPSA) is 15.8 Å². The quantitative estimate of drug-likeness (QED) is 0.656. The highest BCUT2D eigenvalue weighted by atomic mass is 14.7. The molecule has 0 fully saturated rings. The van der Waals surface area contributed by atoms with Gasteiger partial charge in [-0.3, -0.25) is 0 Å². The summed E-state index contributed by atoms with van der Waals surface area (Å²) in [6.07, 6.45) is 3.62. The van der Waals surface area contributed by atoms with E-state index in [-0.39, 0.29) is 0 Å². The van der Waals surface area contributed by atoms with Crippen LogP contribution in [0.5, 0.6) is 0 Å². The maximum absolute atomic E-state index is 3.54. The predicted octanol–water partition coefficient (Wildman–Crippen LogP) is 5.18. The van der Waals surface area contributed by atoms with Crippen LogP contribution in [0.1, 0.15) is 25.5 Å². The second-order valence-electron chi connectivity index (χ2n) is 5.03. The van der Waals surface area contributed by atoms with Gasteiger partial charge in [0, 0.05) is 16.6 Å². The van der Waals surface area contributed by atoms with Crippen LogP contribution in [0.2, 0.25) is 0 Å². The van der Waals surface area contributed by atoms with Gasteiger partial charge in [0.05, 0.1) is 0 Å². The molecule has 1 heterocycles. The largest absolute Gasteiger partial charge is 0.358 e. The van der Waals surface area contributed by atoms with Crippen molar-refractivity contribution in [2.45, 2.75) is 26.2 Å². The molecule has 1 heteroatoms. The van der Waals surface area contributed by atoms with Gasteiger partial charge in [-0.2, -0.15) is 0 Å². The molecule has 1 N–H and O–H groups in total. The number of hydrogen-bond donors (Lipinski definition) is 1. The van der Waals surface area contributed by atoms with Crippen LogP contribution < -0.4 is 0 Å². The molecule has 19 heavy (non-hydrogen) atoms. The molecule has 0 aliphatic rings. The molecule has 0 atom stereocenters. The minimum atomic E-state index is 1.14. The van der Waals surface area contributed by atoms with Gasteiger partial charge in [-0.25, -0.2) is 0 Å². The Kier molecular flexibility index (Phi) is 3.37. The molecule has 96 valence electrons. The fraction of sp³-hybridized carbons (Fsp3) is 0.222. The minimum absolute atomic E-state index is 1.14. The maximum Gasteiger partial charge on any atom is 0.0462 e. The molecule has 0 bridgehead atoms. The number of unbranched alkanes of at least 4 members (excludes halogenated alkanes) is 1. The third-order valence-electron chi connectivity index (χ3n) is 3.60. The lowest BCUT2D eigenvalue weighted by molar-refractivity contribution is 0.782. The molecule has 0 aliphatic carbocycles. The smallest absolute Gasteiger partial charge is 0.0462 e. The van der Waals surface area contributed by atoms with Gasteiger partial charge in [0.15, 0.2) is 0 Å². The minimum Gasteiger partial charge on any atom is -0.358 e. The van der Waals surface area contributed by atoms with Crippen molar-refractivity contribution in [3.63, 3.8) is 0 Å². The molecule has 0 saturated heterocycles. The number of aryl methyl sites for hydroxylation is 1. The lowest BCUT2D eigenvalue weighted by Crippen LogP contribution is -1.82. The van der Waals surface area contributed by atoms with Crippen molar-refractivity contribution in [2.75, 3.05) is 0 Å². The van der Waals surface area contributed by atoms with E-state index in [4.69, 9.17) is 0 Å². The average Bonchev–Trinajstić information content (AvgIpc) is 2.88. The molecule has 2 aromatic carbocycles. The Morgan fingerprint density at radius 1 is 0.947 bits per heavy atom. The normalized spacial score (nSPS) is 11.0. The van der Waals surface area contributed by atoms with E-state index in [0.29, 0.717) is 0 Å². The molecule has 0 aliphatic heterocycles. The van der Waals surface area contributed by atoms with E-state index in [0.717, 1.165) is 6.42 Å². The Bertz CT molecular complexity index is 664. The number of aromatic amines is 1. The van der Waals surface area contributed by atoms with Gasteiger partial charge >= 0.3 is 0 Å². The Morgan fingerprint density at radius 3 is 2.58 bits per heavy atom. The molecule has 3 rings (SSSR count). The predicted molar refractivity (Wildman–Crippen MR) is 82.3 cm³/mol. The zero-order chi connectivity index (χ0) is 13.1. The van der Waals surface area contributed by atoms with Crippen molar-refractivity contribution in [3.8, 4) is 11.1 Å². The van der Waals surface area contributed by atoms with Crippen LogP contribution in [0, 0.1) is 0 Å².